The van der Waals surface area contributed by atoms with Crippen molar-refractivity contribution in [3.05, 3.63) is 42.0 Å². The van der Waals surface area contributed by atoms with E-state index < -0.39 is 0 Å². The van der Waals surface area contributed by atoms with Gasteiger partial charge < -0.3 is 14.7 Å². The molecule has 3 rings (SSSR count). The standard InChI is InChI=1S/C22H34N6O3/c1-17-11-28(18(2)15-29)22(30)5-4-10-27-13-20(24-25-27)16-31-21(17)14-26(3)12-19-6-8-23-9-7-19/h6-9,13,17-18,21,29H,4-5,10-12,14-16H2,1-3H3/t17-,18+,21+/m0/s1. The van der Waals surface area contributed by atoms with Crippen molar-refractivity contribution in [3.8, 4) is 0 Å². The zero-order valence-electron chi connectivity index (χ0n) is 18.7. The molecule has 0 unspecified atom stereocenters. The van der Waals surface area contributed by atoms with Crippen molar-refractivity contribution < 1.29 is 14.6 Å². The Morgan fingerprint density at radius 1 is 1.35 bits per heavy atom. The van der Waals surface area contributed by atoms with Gasteiger partial charge in [-0.1, -0.05) is 12.1 Å². The van der Waals surface area contributed by atoms with Gasteiger partial charge in [-0.25, -0.2) is 0 Å². The summed E-state index contributed by atoms with van der Waals surface area (Å²) in [6.45, 7) is 6.96. The number of fused-ring (bicyclic) bond motifs is 2. The summed E-state index contributed by atoms with van der Waals surface area (Å²) in [7, 11) is 2.06. The Labute approximate surface area is 184 Å². The van der Waals surface area contributed by atoms with Gasteiger partial charge in [-0.15, -0.1) is 5.10 Å². The van der Waals surface area contributed by atoms with Gasteiger partial charge in [0, 0.05) is 50.9 Å². The van der Waals surface area contributed by atoms with Gasteiger partial charge in [-0.05, 0) is 38.1 Å². The molecule has 0 aromatic carbocycles. The molecule has 9 nitrogen and oxygen atoms in total. The summed E-state index contributed by atoms with van der Waals surface area (Å²) in [5.41, 5.74) is 1.98. The molecule has 0 saturated carbocycles. The molecular formula is C22H34N6O3. The predicted molar refractivity (Wildman–Crippen MR) is 116 cm³/mol. The lowest BCUT2D eigenvalue weighted by molar-refractivity contribution is -0.136. The summed E-state index contributed by atoms with van der Waals surface area (Å²) in [4.78, 5) is 21.0. The number of ether oxygens (including phenoxy) is 1. The van der Waals surface area contributed by atoms with Gasteiger partial charge in [-0.2, -0.15) is 0 Å². The van der Waals surface area contributed by atoms with Crippen LogP contribution in [-0.2, 0) is 29.2 Å². The predicted octanol–water partition coefficient (Wildman–Crippen LogP) is 1.33. The topological polar surface area (TPSA) is 96.6 Å². The van der Waals surface area contributed by atoms with Gasteiger partial charge in [0.1, 0.15) is 5.69 Å². The van der Waals surface area contributed by atoms with Crippen LogP contribution in [0.3, 0.4) is 0 Å². The van der Waals surface area contributed by atoms with Crippen molar-refractivity contribution in [2.45, 2.75) is 58.5 Å². The lowest BCUT2D eigenvalue weighted by atomic mass is 10.0. The molecule has 2 bridgehead atoms. The van der Waals surface area contributed by atoms with Gasteiger partial charge >= 0.3 is 0 Å². The number of amides is 1. The fourth-order valence-corrected chi connectivity index (χ4v) is 3.86. The molecule has 0 spiro atoms. The summed E-state index contributed by atoms with van der Waals surface area (Å²) in [6, 6.07) is 3.78. The number of likely N-dealkylation sites (N-methyl/N-ethyl adjacent to an activating group) is 1. The van der Waals surface area contributed by atoms with Gasteiger partial charge in [-0.3, -0.25) is 19.4 Å². The van der Waals surface area contributed by atoms with E-state index >= 15 is 0 Å². The van der Waals surface area contributed by atoms with Crippen LogP contribution in [0.15, 0.2) is 30.7 Å². The van der Waals surface area contributed by atoms with Crippen molar-refractivity contribution in [3.63, 3.8) is 0 Å². The average Bonchev–Trinajstić information content (AvgIpc) is 3.22. The Morgan fingerprint density at radius 3 is 2.87 bits per heavy atom. The van der Waals surface area contributed by atoms with Crippen LogP contribution < -0.4 is 0 Å². The molecule has 9 heteroatoms. The second kappa shape index (κ2) is 11.3. The van der Waals surface area contributed by atoms with E-state index in [1.807, 2.05) is 25.3 Å². The maximum absolute atomic E-state index is 12.9. The molecule has 0 aliphatic carbocycles. The average molecular weight is 431 g/mol. The van der Waals surface area contributed by atoms with Crippen LogP contribution >= 0.6 is 0 Å². The number of carbonyl (C=O) groups excluding carboxylic acids is 1. The highest BCUT2D eigenvalue weighted by molar-refractivity contribution is 5.76. The molecule has 170 valence electrons. The molecule has 2 aromatic rings. The van der Waals surface area contributed by atoms with E-state index in [0.29, 0.717) is 39.1 Å². The highest BCUT2D eigenvalue weighted by Crippen LogP contribution is 2.18. The summed E-state index contributed by atoms with van der Waals surface area (Å²) >= 11 is 0. The number of aromatic nitrogens is 4. The highest BCUT2D eigenvalue weighted by Gasteiger charge is 2.28. The highest BCUT2D eigenvalue weighted by atomic mass is 16.5. The van der Waals surface area contributed by atoms with Crippen LogP contribution in [0.25, 0.3) is 0 Å². The summed E-state index contributed by atoms with van der Waals surface area (Å²) in [6.07, 6.45) is 6.47. The summed E-state index contributed by atoms with van der Waals surface area (Å²) in [5.74, 6) is 0.130. The number of aryl methyl sites for hydroxylation is 1. The Hall–Kier alpha value is -2.36. The summed E-state index contributed by atoms with van der Waals surface area (Å²) in [5, 5.41) is 18.1. The zero-order chi connectivity index (χ0) is 22.2. The normalized spacial score (nSPS) is 22.0. The maximum Gasteiger partial charge on any atom is 0.222 e. The van der Waals surface area contributed by atoms with E-state index in [-0.39, 0.29) is 30.6 Å². The van der Waals surface area contributed by atoms with E-state index in [1.165, 1.54) is 5.56 Å². The first-order chi connectivity index (χ1) is 15.0. The van der Waals surface area contributed by atoms with Crippen LogP contribution in [0.2, 0.25) is 0 Å². The molecule has 1 N–H and O–H groups in total. The van der Waals surface area contributed by atoms with Crippen molar-refractivity contribution in [2.24, 2.45) is 5.92 Å². The molecule has 0 saturated heterocycles. The lowest BCUT2D eigenvalue weighted by Gasteiger charge is -2.35. The van der Waals surface area contributed by atoms with E-state index in [0.717, 1.165) is 12.2 Å². The fraction of sp³-hybridized carbons (Fsp3) is 0.636. The SMILES string of the molecule is C[C@H](CO)N1C[C@H](C)[C@@H](CN(C)Cc2ccncc2)OCc2cn(nn2)CCCC1=O. The smallest absolute Gasteiger partial charge is 0.222 e. The minimum atomic E-state index is -0.229. The van der Waals surface area contributed by atoms with Crippen molar-refractivity contribution >= 4 is 5.91 Å². The van der Waals surface area contributed by atoms with Gasteiger partial charge in [0.25, 0.3) is 0 Å². The number of nitrogens with zero attached hydrogens (tertiary/aromatic N) is 6. The monoisotopic (exact) mass is 430 g/mol. The molecule has 3 atom stereocenters. The van der Waals surface area contributed by atoms with Crippen LogP contribution in [0, 0.1) is 5.92 Å². The first-order valence-electron chi connectivity index (χ1n) is 10.9. The minimum absolute atomic E-state index is 0.0527. The van der Waals surface area contributed by atoms with Gasteiger partial charge in [0.05, 0.1) is 31.6 Å². The number of hydrogen-bond acceptors (Lipinski definition) is 7. The van der Waals surface area contributed by atoms with Crippen LogP contribution in [0.5, 0.6) is 0 Å². The third-order valence-electron chi connectivity index (χ3n) is 5.74. The lowest BCUT2D eigenvalue weighted by Crippen LogP contribution is -2.47. The Kier molecular flexibility index (Phi) is 8.51. The number of aliphatic hydroxyl groups excluding tert-OH is 1. The van der Waals surface area contributed by atoms with Crippen LogP contribution in [0.4, 0.5) is 0 Å². The van der Waals surface area contributed by atoms with Crippen molar-refractivity contribution in [1.82, 2.24) is 29.8 Å². The van der Waals surface area contributed by atoms with E-state index in [4.69, 9.17) is 4.74 Å². The maximum atomic E-state index is 12.9. The van der Waals surface area contributed by atoms with E-state index in [1.54, 1.807) is 22.0 Å². The second-order valence-electron chi connectivity index (χ2n) is 8.53. The molecule has 2 aromatic heterocycles. The van der Waals surface area contributed by atoms with E-state index in [2.05, 4.69) is 34.2 Å². The molecule has 0 radical (unpaired) electrons. The number of aliphatic hydroxyl groups is 1. The molecule has 1 amide bonds. The Morgan fingerprint density at radius 2 is 2.13 bits per heavy atom. The van der Waals surface area contributed by atoms with Crippen LogP contribution in [0.1, 0.15) is 37.9 Å². The minimum Gasteiger partial charge on any atom is -0.394 e. The quantitative estimate of drug-likeness (QED) is 0.738. The molecule has 0 fully saturated rings. The molecule has 1 aliphatic heterocycles. The Balaban J connectivity index is 1.76. The molecule has 3 heterocycles. The second-order valence-corrected chi connectivity index (χ2v) is 8.53. The molecular weight excluding hydrogens is 396 g/mol. The summed E-state index contributed by atoms with van der Waals surface area (Å²) < 4.78 is 8.06. The van der Waals surface area contributed by atoms with Gasteiger partial charge in [0.15, 0.2) is 0 Å². The van der Waals surface area contributed by atoms with Gasteiger partial charge in [0.2, 0.25) is 5.91 Å². The molecule has 1 aliphatic rings. The van der Waals surface area contributed by atoms with Crippen molar-refractivity contribution in [1.29, 1.82) is 0 Å². The van der Waals surface area contributed by atoms with Crippen molar-refractivity contribution in [2.75, 3.05) is 26.7 Å². The Bertz CT molecular complexity index is 815. The van der Waals surface area contributed by atoms with E-state index in [9.17, 15) is 9.90 Å². The zero-order valence-corrected chi connectivity index (χ0v) is 18.7. The first-order valence-corrected chi connectivity index (χ1v) is 10.9. The molecule has 31 heavy (non-hydrogen) atoms. The number of hydrogen-bond donors (Lipinski definition) is 1. The third kappa shape index (κ3) is 6.81. The number of rotatable bonds is 6. The largest absolute Gasteiger partial charge is 0.394 e. The number of pyridine rings is 1. The van der Waals surface area contributed by atoms with Crippen LogP contribution in [-0.4, -0.2) is 79.7 Å². The third-order valence-corrected chi connectivity index (χ3v) is 5.74. The first kappa shape index (κ1) is 23.3. The number of carbonyl (C=O) groups is 1. The fourth-order valence-electron chi connectivity index (χ4n) is 3.86.